The van der Waals surface area contributed by atoms with E-state index in [4.69, 9.17) is 18.8 Å². The van der Waals surface area contributed by atoms with Gasteiger partial charge >= 0.3 is 0 Å². The highest BCUT2D eigenvalue weighted by Crippen LogP contribution is 2.43. The zero-order valence-corrected chi connectivity index (χ0v) is 30.1. The maximum atomic E-state index is 6.68. The summed E-state index contributed by atoms with van der Waals surface area (Å²) in [5.74, 6) is 0.655. The number of aromatic nitrogens is 3. The first-order valence-electron chi connectivity index (χ1n) is 18.7. The molecule has 7 aromatic carbocycles. The first-order chi connectivity index (χ1) is 27.7. The average Bonchev–Trinajstić information content (AvgIpc) is 3.85. The normalized spacial score (nSPS) is 11.6. The molecule has 0 amide bonds. The number of benzene rings is 7. The minimum Gasteiger partial charge on any atom is -0.456 e. The van der Waals surface area contributed by atoms with E-state index in [1.165, 1.54) is 0 Å². The van der Waals surface area contributed by atoms with Gasteiger partial charge in [-0.1, -0.05) is 127 Å². The molecule has 4 heterocycles. The summed E-state index contributed by atoms with van der Waals surface area (Å²) in [5.41, 5.74) is 14.4. The standard InChI is InChI=1S/C51H31N3O2/c1-2-11-33(12-3-1)44-31-45(37-14-10-13-36(29-37)43-17-8-9-28-52-43)54-51(53-44)34-22-20-32(21-23-34)39-26-25-38(49-41-16-5-7-19-47(41)56-50(39)49)35-24-27-48-42(30-35)40-15-4-6-18-46(40)55-48/h1-31H. The van der Waals surface area contributed by atoms with Crippen LogP contribution in [0.15, 0.2) is 197 Å². The van der Waals surface area contributed by atoms with Gasteiger partial charge in [-0.3, -0.25) is 4.98 Å². The Hall–Kier alpha value is -7.63. The summed E-state index contributed by atoms with van der Waals surface area (Å²) >= 11 is 0. The number of fused-ring (bicyclic) bond motifs is 6. The SMILES string of the molecule is c1ccc(-c2cc(-c3cccc(-c4ccccn4)c3)nc(-c3ccc(-c4ccc(-c5ccc6oc7ccccc7c6c5)c5c4oc4ccccc45)cc3)n2)cc1. The molecule has 0 atom stereocenters. The van der Waals surface area contributed by atoms with Crippen molar-refractivity contribution in [2.24, 2.45) is 0 Å². The van der Waals surface area contributed by atoms with Gasteiger partial charge in [0, 0.05) is 55.6 Å². The molecule has 0 aliphatic rings. The van der Waals surface area contributed by atoms with Crippen molar-refractivity contribution in [1.29, 1.82) is 0 Å². The van der Waals surface area contributed by atoms with Crippen molar-refractivity contribution in [3.8, 4) is 67.4 Å². The van der Waals surface area contributed by atoms with Gasteiger partial charge < -0.3 is 8.83 Å². The number of furan rings is 2. The summed E-state index contributed by atoms with van der Waals surface area (Å²) in [6.07, 6.45) is 1.82. The topological polar surface area (TPSA) is 65.0 Å². The lowest BCUT2D eigenvalue weighted by Crippen LogP contribution is -1.96. The third-order valence-corrected chi connectivity index (χ3v) is 10.6. The van der Waals surface area contributed by atoms with Crippen molar-refractivity contribution < 1.29 is 8.83 Å². The molecule has 11 rings (SSSR count). The van der Waals surface area contributed by atoms with E-state index >= 15 is 0 Å². The molecule has 0 N–H and O–H groups in total. The molecule has 5 heteroatoms. The molecule has 0 bridgehead atoms. The fourth-order valence-electron chi connectivity index (χ4n) is 7.84. The smallest absolute Gasteiger partial charge is 0.160 e. The molecule has 0 saturated heterocycles. The van der Waals surface area contributed by atoms with Crippen LogP contribution in [-0.2, 0) is 0 Å². The highest BCUT2D eigenvalue weighted by atomic mass is 16.3. The lowest BCUT2D eigenvalue weighted by atomic mass is 9.93. The number of para-hydroxylation sites is 2. The Morgan fingerprint density at radius 2 is 0.964 bits per heavy atom. The van der Waals surface area contributed by atoms with Gasteiger partial charge in [0.1, 0.15) is 22.3 Å². The minimum atomic E-state index is 0.655. The monoisotopic (exact) mass is 717 g/mol. The van der Waals surface area contributed by atoms with E-state index in [0.717, 1.165) is 105 Å². The second kappa shape index (κ2) is 13.0. The number of hydrogen-bond donors (Lipinski definition) is 0. The third-order valence-electron chi connectivity index (χ3n) is 10.6. The van der Waals surface area contributed by atoms with Crippen LogP contribution < -0.4 is 0 Å². The van der Waals surface area contributed by atoms with Crippen LogP contribution >= 0.6 is 0 Å². The van der Waals surface area contributed by atoms with Gasteiger partial charge in [0.2, 0.25) is 0 Å². The molecule has 262 valence electrons. The second-order valence-electron chi connectivity index (χ2n) is 14.0. The van der Waals surface area contributed by atoms with Gasteiger partial charge in [-0.15, -0.1) is 0 Å². The summed E-state index contributed by atoms with van der Waals surface area (Å²) in [4.78, 5) is 14.8. The highest BCUT2D eigenvalue weighted by Gasteiger charge is 2.19. The maximum absolute atomic E-state index is 6.68. The predicted molar refractivity (Wildman–Crippen MR) is 227 cm³/mol. The van der Waals surface area contributed by atoms with Crippen LogP contribution in [0.3, 0.4) is 0 Å². The van der Waals surface area contributed by atoms with E-state index in [1.807, 2.05) is 66.9 Å². The largest absolute Gasteiger partial charge is 0.456 e. The Morgan fingerprint density at radius 1 is 0.339 bits per heavy atom. The molecule has 5 nitrogen and oxygen atoms in total. The molecular formula is C51H31N3O2. The van der Waals surface area contributed by atoms with Crippen LogP contribution in [0.5, 0.6) is 0 Å². The lowest BCUT2D eigenvalue weighted by molar-refractivity contribution is 0.669. The fourth-order valence-corrected chi connectivity index (χ4v) is 7.84. The number of pyridine rings is 1. The van der Waals surface area contributed by atoms with Gasteiger partial charge in [-0.05, 0) is 71.3 Å². The van der Waals surface area contributed by atoms with E-state index in [-0.39, 0.29) is 0 Å². The second-order valence-corrected chi connectivity index (χ2v) is 14.0. The Labute approximate surface area is 322 Å². The van der Waals surface area contributed by atoms with Crippen molar-refractivity contribution in [2.75, 3.05) is 0 Å². The fraction of sp³-hybridized carbons (Fsp3) is 0. The molecule has 0 aliphatic carbocycles. The number of rotatable bonds is 6. The van der Waals surface area contributed by atoms with Gasteiger partial charge in [0.05, 0.1) is 17.1 Å². The predicted octanol–water partition coefficient (Wildman–Crippen LogP) is 13.7. The maximum Gasteiger partial charge on any atom is 0.160 e. The van der Waals surface area contributed by atoms with Crippen molar-refractivity contribution in [3.63, 3.8) is 0 Å². The van der Waals surface area contributed by atoms with E-state index in [9.17, 15) is 0 Å². The minimum absolute atomic E-state index is 0.655. The molecule has 0 saturated carbocycles. The molecular weight excluding hydrogens is 687 g/mol. The molecule has 11 aromatic rings. The summed E-state index contributed by atoms with van der Waals surface area (Å²) in [5, 5.41) is 4.38. The van der Waals surface area contributed by atoms with E-state index in [0.29, 0.717) is 5.82 Å². The van der Waals surface area contributed by atoms with Crippen LogP contribution in [0.1, 0.15) is 0 Å². The van der Waals surface area contributed by atoms with Crippen molar-refractivity contribution in [1.82, 2.24) is 15.0 Å². The number of hydrogen-bond acceptors (Lipinski definition) is 5. The van der Waals surface area contributed by atoms with E-state index in [2.05, 4.69) is 126 Å². The van der Waals surface area contributed by atoms with Gasteiger partial charge in [0.25, 0.3) is 0 Å². The Kier molecular flexibility index (Phi) is 7.42. The molecule has 0 spiro atoms. The zero-order chi connectivity index (χ0) is 37.0. The molecule has 0 aliphatic heterocycles. The molecule has 0 radical (unpaired) electrons. The van der Waals surface area contributed by atoms with Crippen LogP contribution in [0.25, 0.3) is 111 Å². The Bertz CT molecular complexity index is 3240. The first-order valence-corrected chi connectivity index (χ1v) is 18.7. The van der Waals surface area contributed by atoms with Gasteiger partial charge in [0.15, 0.2) is 5.82 Å². The summed E-state index contributed by atoms with van der Waals surface area (Å²) in [7, 11) is 0. The summed E-state index contributed by atoms with van der Waals surface area (Å²) in [6.45, 7) is 0. The van der Waals surface area contributed by atoms with Crippen molar-refractivity contribution in [3.05, 3.63) is 188 Å². The highest BCUT2D eigenvalue weighted by molar-refractivity contribution is 6.17. The third kappa shape index (κ3) is 5.45. The van der Waals surface area contributed by atoms with E-state index < -0.39 is 0 Å². The van der Waals surface area contributed by atoms with Crippen LogP contribution in [0, 0.1) is 0 Å². The number of nitrogens with zero attached hydrogens (tertiary/aromatic N) is 3. The van der Waals surface area contributed by atoms with E-state index in [1.54, 1.807) is 0 Å². The summed E-state index contributed by atoms with van der Waals surface area (Å²) in [6, 6.07) is 62.5. The van der Waals surface area contributed by atoms with Crippen molar-refractivity contribution >= 4 is 43.9 Å². The Morgan fingerprint density at radius 3 is 1.77 bits per heavy atom. The Balaban J connectivity index is 1.02. The molecule has 4 aromatic heterocycles. The molecule has 0 unspecified atom stereocenters. The zero-order valence-electron chi connectivity index (χ0n) is 30.1. The van der Waals surface area contributed by atoms with Crippen LogP contribution in [-0.4, -0.2) is 15.0 Å². The molecule has 56 heavy (non-hydrogen) atoms. The van der Waals surface area contributed by atoms with Crippen LogP contribution in [0.2, 0.25) is 0 Å². The molecule has 0 fully saturated rings. The quantitative estimate of drug-likeness (QED) is 0.171. The lowest BCUT2D eigenvalue weighted by Gasteiger charge is -2.11. The van der Waals surface area contributed by atoms with Crippen molar-refractivity contribution in [2.45, 2.75) is 0 Å². The average molecular weight is 718 g/mol. The first kappa shape index (κ1) is 31.9. The van der Waals surface area contributed by atoms with Gasteiger partial charge in [-0.2, -0.15) is 0 Å². The summed E-state index contributed by atoms with van der Waals surface area (Å²) < 4.78 is 12.8. The van der Waals surface area contributed by atoms with Gasteiger partial charge in [-0.25, -0.2) is 9.97 Å². The van der Waals surface area contributed by atoms with Crippen LogP contribution in [0.4, 0.5) is 0 Å².